The molecule has 130 valence electrons. The number of hydrogen-bond acceptors (Lipinski definition) is 2. The lowest BCUT2D eigenvalue weighted by Crippen LogP contribution is -2.16. The van der Waals surface area contributed by atoms with Gasteiger partial charge >= 0.3 is 0 Å². The van der Waals surface area contributed by atoms with Crippen LogP contribution in [0.4, 0.5) is 0 Å². The van der Waals surface area contributed by atoms with Crippen LogP contribution in [-0.2, 0) is 4.79 Å². The molecule has 22 heavy (non-hydrogen) atoms. The third-order valence-electron chi connectivity index (χ3n) is 4.14. The predicted molar refractivity (Wildman–Crippen MR) is 92.4 cm³/mol. The number of hydrogen-bond donors (Lipinski definition) is 0. The molecule has 0 spiro atoms. The van der Waals surface area contributed by atoms with Crippen LogP contribution >= 0.6 is 0 Å². The van der Waals surface area contributed by atoms with E-state index >= 15 is 0 Å². The van der Waals surface area contributed by atoms with E-state index in [1.54, 1.807) is 0 Å². The van der Waals surface area contributed by atoms with Crippen molar-refractivity contribution in [1.82, 2.24) is 0 Å². The Balaban J connectivity index is 0.000000980. The molecule has 1 aliphatic rings. The Bertz CT molecular complexity index is 296. The van der Waals surface area contributed by atoms with Gasteiger partial charge in [-0.05, 0) is 13.3 Å². The molecule has 0 saturated carbocycles. The summed E-state index contributed by atoms with van der Waals surface area (Å²) >= 11 is 0. The minimum absolute atomic E-state index is 0.827. The molecule has 0 bridgehead atoms. The average Bonchev–Trinajstić information content (AvgIpc) is 2.86. The van der Waals surface area contributed by atoms with Crippen LogP contribution in [-0.4, -0.2) is 29.8 Å². The third kappa shape index (κ3) is 15.5. The maximum absolute atomic E-state index is 8.89. The van der Waals surface area contributed by atoms with Gasteiger partial charge in [-0.15, -0.1) is 0 Å². The fourth-order valence-corrected chi connectivity index (χ4v) is 2.87. The van der Waals surface area contributed by atoms with E-state index in [-0.39, 0.29) is 0 Å². The molecule has 1 aliphatic heterocycles. The van der Waals surface area contributed by atoms with Crippen LogP contribution in [0.25, 0.3) is 0 Å². The van der Waals surface area contributed by atoms with E-state index in [0.29, 0.717) is 0 Å². The van der Waals surface area contributed by atoms with E-state index in [1.165, 1.54) is 83.7 Å². The number of aliphatic carboxylic acids is 1. The number of carboxylic acid groups (broad SMARTS) is 1. The van der Waals surface area contributed by atoms with Crippen LogP contribution in [0.15, 0.2) is 0 Å². The highest BCUT2D eigenvalue weighted by Gasteiger charge is 2.16. The van der Waals surface area contributed by atoms with E-state index in [0.717, 1.165) is 12.8 Å². The first kappa shape index (κ1) is 21.1. The van der Waals surface area contributed by atoms with Gasteiger partial charge < -0.3 is 9.90 Å². The molecule has 0 N–H and O–H groups in total. The molecule has 3 heteroatoms. The van der Waals surface area contributed by atoms with Crippen molar-refractivity contribution in [3.63, 3.8) is 0 Å². The predicted octanol–water partition coefficient (Wildman–Crippen LogP) is 3.79. The number of unbranched alkanes of at least 4 members (excludes halogenated alkanes) is 9. The molecular weight excluding hydrogens is 274 g/mol. The number of rotatable bonds is 11. The Kier molecular flexibility index (Phi) is 14.5. The minimum atomic E-state index is -1.08. The van der Waals surface area contributed by atoms with Crippen molar-refractivity contribution in [2.75, 3.05) is 13.1 Å². The van der Waals surface area contributed by atoms with Gasteiger partial charge in [0.2, 0.25) is 0 Å². The first-order valence-electron chi connectivity index (χ1n) is 9.32. The van der Waals surface area contributed by atoms with E-state index in [9.17, 15) is 0 Å². The maximum Gasteiger partial charge on any atom is 0.143 e. The summed E-state index contributed by atoms with van der Waals surface area (Å²) in [6, 6.07) is 0. The Morgan fingerprint density at radius 2 is 1.50 bits per heavy atom. The molecule has 0 aromatic rings. The van der Waals surface area contributed by atoms with Crippen molar-refractivity contribution in [3.8, 4) is 0 Å². The second kappa shape index (κ2) is 15.1. The molecule has 0 saturated heterocycles. The molecule has 0 aliphatic carbocycles. The monoisotopic (exact) mass is 311 g/mol. The molecule has 1 heterocycles. The molecule has 1 rings (SSSR count). The van der Waals surface area contributed by atoms with E-state index in [1.807, 2.05) is 0 Å². The zero-order valence-electron chi connectivity index (χ0n) is 15.1. The molecule has 0 amide bonds. The van der Waals surface area contributed by atoms with E-state index < -0.39 is 5.97 Å². The van der Waals surface area contributed by atoms with Crippen molar-refractivity contribution in [2.45, 2.75) is 91.4 Å². The van der Waals surface area contributed by atoms with Crippen LogP contribution in [0.3, 0.4) is 0 Å². The van der Waals surface area contributed by atoms with Gasteiger partial charge in [0, 0.05) is 24.7 Å². The SMILES string of the molecule is CC(=O)[O-].CCCCCCCCCCCC[N+]1=CC(C)CC1. The Morgan fingerprint density at radius 3 is 1.91 bits per heavy atom. The molecular formula is C19H37NO2. The highest BCUT2D eigenvalue weighted by Crippen LogP contribution is 2.11. The summed E-state index contributed by atoms with van der Waals surface area (Å²) in [6.07, 6.45) is 18.2. The Hall–Kier alpha value is -0.860. The highest BCUT2D eigenvalue weighted by atomic mass is 16.4. The van der Waals surface area contributed by atoms with Crippen molar-refractivity contribution in [3.05, 3.63) is 0 Å². The summed E-state index contributed by atoms with van der Waals surface area (Å²) in [4.78, 5) is 8.89. The lowest BCUT2D eigenvalue weighted by molar-refractivity contribution is -0.516. The number of carbonyl (C=O) groups is 1. The summed E-state index contributed by atoms with van der Waals surface area (Å²) in [5.74, 6) is -0.256. The van der Waals surface area contributed by atoms with Crippen LogP contribution in [0, 0.1) is 5.92 Å². The zero-order valence-corrected chi connectivity index (χ0v) is 15.1. The average molecular weight is 312 g/mol. The van der Waals surface area contributed by atoms with Crippen LogP contribution in [0.2, 0.25) is 0 Å². The molecule has 0 fully saturated rings. The van der Waals surface area contributed by atoms with Gasteiger partial charge in [-0.25, -0.2) is 4.58 Å². The quantitative estimate of drug-likeness (QED) is 0.430. The van der Waals surface area contributed by atoms with Gasteiger partial charge in [0.25, 0.3) is 0 Å². The fraction of sp³-hybridized carbons (Fsp3) is 0.895. The topological polar surface area (TPSA) is 43.1 Å². The molecule has 1 atom stereocenters. The highest BCUT2D eigenvalue weighted by molar-refractivity contribution is 5.60. The smallest absolute Gasteiger partial charge is 0.143 e. The maximum atomic E-state index is 8.89. The van der Waals surface area contributed by atoms with Crippen molar-refractivity contribution in [1.29, 1.82) is 0 Å². The normalized spacial score (nSPS) is 16.9. The fourth-order valence-electron chi connectivity index (χ4n) is 2.87. The van der Waals surface area contributed by atoms with Gasteiger partial charge in [-0.3, -0.25) is 0 Å². The Labute approximate surface area is 137 Å². The lowest BCUT2D eigenvalue weighted by atomic mass is 10.1. The lowest BCUT2D eigenvalue weighted by Gasteiger charge is -2.01. The van der Waals surface area contributed by atoms with Crippen molar-refractivity contribution >= 4 is 12.2 Å². The second-order valence-electron chi connectivity index (χ2n) is 6.62. The van der Waals surface area contributed by atoms with Gasteiger partial charge in [-0.1, -0.05) is 65.2 Å². The van der Waals surface area contributed by atoms with Crippen LogP contribution in [0.5, 0.6) is 0 Å². The van der Waals surface area contributed by atoms with Crippen molar-refractivity contribution < 1.29 is 14.5 Å². The van der Waals surface area contributed by atoms with Gasteiger partial charge in [-0.2, -0.15) is 0 Å². The first-order valence-corrected chi connectivity index (χ1v) is 9.32. The summed E-state index contributed by atoms with van der Waals surface area (Å²) in [5, 5.41) is 8.89. The molecule has 0 aromatic heterocycles. The molecule has 0 aromatic carbocycles. The van der Waals surface area contributed by atoms with Gasteiger partial charge in [0.05, 0.1) is 0 Å². The zero-order chi connectivity index (χ0) is 16.6. The number of nitrogens with zero attached hydrogens (tertiary/aromatic N) is 1. The largest absolute Gasteiger partial charge is 0.550 e. The standard InChI is InChI=1S/C17H34N.C2H4O2/c1-3-4-5-6-7-8-9-10-11-12-14-18-15-13-17(2)16-18;1-2(3)4/h16-17H,3-15H2,1-2H3;1H3,(H,3,4)/q+1;/p-1. The third-order valence-corrected chi connectivity index (χ3v) is 4.14. The summed E-state index contributed by atoms with van der Waals surface area (Å²) < 4.78 is 2.54. The number of carboxylic acids is 1. The second-order valence-corrected chi connectivity index (χ2v) is 6.62. The molecule has 3 nitrogen and oxygen atoms in total. The van der Waals surface area contributed by atoms with Gasteiger partial charge in [0.15, 0.2) is 0 Å². The Morgan fingerprint density at radius 1 is 1.05 bits per heavy atom. The summed E-state index contributed by atoms with van der Waals surface area (Å²) in [7, 11) is 0. The molecule has 1 unspecified atom stereocenters. The molecule has 0 radical (unpaired) electrons. The van der Waals surface area contributed by atoms with E-state index in [4.69, 9.17) is 9.90 Å². The van der Waals surface area contributed by atoms with Crippen LogP contribution < -0.4 is 5.11 Å². The minimum Gasteiger partial charge on any atom is -0.550 e. The van der Waals surface area contributed by atoms with Gasteiger partial charge in [0.1, 0.15) is 19.3 Å². The van der Waals surface area contributed by atoms with Crippen LogP contribution in [0.1, 0.15) is 91.4 Å². The number of carbonyl (C=O) groups excluding carboxylic acids is 1. The first-order chi connectivity index (χ1) is 10.6. The summed E-state index contributed by atoms with van der Waals surface area (Å²) in [5.41, 5.74) is 0. The summed E-state index contributed by atoms with van der Waals surface area (Å²) in [6.45, 7) is 8.20. The van der Waals surface area contributed by atoms with E-state index in [2.05, 4.69) is 24.6 Å². The van der Waals surface area contributed by atoms with Crippen molar-refractivity contribution in [2.24, 2.45) is 5.92 Å².